The number of rotatable bonds is 7. The van der Waals surface area contributed by atoms with Crippen molar-refractivity contribution in [3.8, 4) is 5.75 Å². The molecule has 0 aliphatic rings. The summed E-state index contributed by atoms with van der Waals surface area (Å²) in [4.78, 5) is 0.231. The maximum Gasteiger partial charge on any atom is 0.262 e. The van der Waals surface area contributed by atoms with E-state index in [-0.39, 0.29) is 4.90 Å². The van der Waals surface area contributed by atoms with E-state index in [1.165, 1.54) is 11.1 Å². The molecule has 0 unspecified atom stereocenters. The van der Waals surface area contributed by atoms with Gasteiger partial charge < -0.3 is 10.1 Å². The predicted molar refractivity (Wildman–Crippen MR) is 113 cm³/mol. The third kappa shape index (κ3) is 4.84. The molecule has 0 spiro atoms. The first-order valence-electron chi connectivity index (χ1n) is 8.94. The zero-order valence-electron chi connectivity index (χ0n) is 16.2. The van der Waals surface area contributed by atoms with Gasteiger partial charge in [-0.1, -0.05) is 29.8 Å². The Balaban J connectivity index is 1.68. The lowest BCUT2D eigenvalue weighted by Crippen LogP contribution is -2.14. The van der Waals surface area contributed by atoms with Crippen LogP contribution in [0.15, 0.2) is 71.6 Å². The summed E-state index contributed by atoms with van der Waals surface area (Å²) in [6, 6.07) is 20.4. The van der Waals surface area contributed by atoms with Gasteiger partial charge in [0.25, 0.3) is 10.0 Å². The van der Waals surface area contributed by atoms with Gasteiger partial charge in [-0.15, -0.1) is 0 Å². The smallest absolute Gasteiger partial charge is 0.262 e. The highest BCUT2D eigenvalue weighted by molar-refractivity contribution is 7.92. The van der Waals surface area contributed by atoms with E-state index in [2.05, 4.69) is 35.2 Å². The fraction of sp³-hybridized carbons (Fsp3) is 0.182. The first kappa shape index (κ1) is 19.8. The first-order valence-corrected chi connectivity index (χ1v) is 10.4. The van der Waals surface area contributed by atoms with Gasteiger partial charge >= 0.3 is 0 Å². The van der Waals surface area contributed by atoms with Crippen molar-refractivity contribution in [2.24, 2.45) is 0 Å². The molecule has 0 aliphatic heterocycles. The third-order valence-electron chi connectivity index (χ3n) is 4.39. The fourth-order valence-corrected chi connectivity index (χ4v) is 4.23. The van der Waals surface area contributed by atoms with Crippen molar-refractivity contribution in [3.05, 3.63) is 83.4 Å². The van der Waals surface area contributed by atoms with Crippen LogP contribution >= 0.6 is 0 Å². The van der Waals surface area contributed by atoms with Crippen LogP contribution in [0.4, 0.5) is 11.4 Å². The topological polar surface area (TPSA) is 67.4 Å². The van der Waals surface area contributed by atoms with Gasteiger partial charge in [-0.05, 0) is 67.4 Å². The number of anilines is 2. The molecule has 6 heteroatoms. The van der Waals surface area contributed by atoms with Gasteiger partial charge in [0.2, 0.25) is 0 Å². The molecule has 0 atom stereocenters. The molecule has 146 valence electrons. The fourth-order valence-electron chi connectivity index (χ4n) is 2.94. The van der Waals surface area contributed by atoms with Gasteiger partial charge in [-0.2, -0.15) is 0 Å². The number of hydrogen-bond donors (Lipinski definition) is 2. The largest absolute Gasteiger partial charge is 0.497 e. The Kier molecular flexibility index (Phi) is 5.90. The van der Waals surface area contributed by atoms with Crippen LogP contribution in [0.3, 0.4) is 0 Å². The lowest BCUT2D eigenvalue weighted by atomic mass is 10.1. The Morgan fingerprint density at radius 3 is 2.25 bits per heavy atom. The Hall–Kier alpha value is -2.99. The molecule has 3 aromatic carbocycles. The average Bonchev–Trinajstić information content (AvgIpc) is 2.67. The number of nitrogens with one attached hydrogen (secondary N) is 2. The predicted octanol–water partition coefficient (Wildman–Crippen LogP) is 4.72. The van der Waals surface area contributed by atoms with Gasteiger partial charge in [-0.3, -0.25) is 4.72 Å². The Morgan fingerprint density at radius 2 is 1.61 bits per heavy atom. The van der Waals surface area contributed by atoms with Crippen molar-refractivity contribution in [1.29, 1.82) is 0 Å². The summed E-state index contributed by atoms with van der Waals surface area (Å²) >= 11 is 0. The summed E-state index contributed by atoms with van der Waals surface area (Å²) in [5, 5.41) is 3.34. The molecule has 0 aromatic heterocycles. The van der Waals surface area contributed by atoms with Crippen LogP contribution in [-0.2, 0) is 16.6 Å². The highest BCUT2D eigenvalue weighted by atomic mass is 32.2. The molecule has 3 rings (SSSR count). The number of ether oxygens (including phenoxy) is 1. The second-order valence-corrected chi connectivity index (χ2v) is 8.31. The lowest BCUT2D eigenvalue weighted by molar-refractivity contribution is 0.414. The van der Waals surface area contributed by atoms with E-state index in [0.717, 1.165) is 5.69 Å². The molecule has 0 heterocycles. The number of sulfonamides is 1. The molecule has 0 fully saturated rings. The van der Waals surface area contributed by atoms with E-state index >= 15 is 0 Å². The Bertz CT molecular complexity index is 1060. The maximum absolute atomic E-state index is 12.7. The highest BCUT2D eigenvalue weighted by Crippen LogP contribution is 2.24. The van der Waals surface area contributed by atoms with Crippen LogP contribution in [-0.4, -0.2) is 15.5 Å². The van der Waals surface area contributed by atoms with Crippen molar-refractivity contribution in [1.82, 2.24) is 0 Å². The van der Waals surface area contributed by atoms with E-state index in [1.54, 1.807) is 44.4 Å². The zero-order chi connectivity index (χ0) is 20.1. The molecule has 0 amide bonds. The van der Waals surface area contributed by atoms with Crippen LogP contribution in [0.1, 0.15) is 16.7 Å². The molecule has 0 aliphatic carbocycles. The van der Waals surface area contributed by atoms with E-state index in [1.807, 2.05) is 18.2 Å². The summed E-state index contributed by atoms with van der Waals surface area (Å²) in [5.74, 6) is 0.625. The minimum Gasteiger partial charge on any atom is -0.497 e. The van der Waals surface area contributed by atoms with Gasteiger partial charge in [-0.25, -0.2) is 8.42 Å². The number of aryl methyl sites for hydroxylation is 2. The molecule has 28 heavy (non-hydrogen) atoms. The number of benzene rings is 3. The summed E-state index contributed by atoms with van der Waals surface area (Å²) < 4.78 is 33.1. The zero-order valence-corrected chi connectivity index (χ0v) is 17.0. The van der Waals surface area contributed by atoms with E-state index in [0.29, 0.717) is 23.5 Å². The maximum atomic E-state index is 12.7. The summed E-state index contributed by atoms with van der Waals surface area (Å²) in [7, 11) is -2.12. The van der Waals surface area contributed by atoms with Gasteiger partial charge in [0.1, 0.15) is 5.75 Å². The first-order chi connectivity index (χ1) is 13.4. The third-order valence-corrected chi connectivity index (χ3v) is 5.93. The summed E-state index contributed by atoms with van der Waals surface area (Å²) in [6.07, 6.45) is 0. The number of methoxy groups -OCH3 is 1. The van der Waals surface area contributed by atoms with Gasteiger partial charge in [0.15, 0.2) is 0 Å². The van der Waals surface area contributed by atoms with Crippen molar-refractivity contribution in [3.63, 3.8) is 0 Å². The average molecular weight is 397 g/mol. The molecule has 0 saturated heterocycles. The molecule has 0 bridgehead atoms. The number of hydrogen-bond acceptors (Lipinski definition) is 4. The molecule has 0 radical (unpaired) electrons. The monoisotopic (exact) mass is 396 g/mol. The van der Waals surface area contributed by atoms with Crippen molar-refractivity contribution in [2.45, 2.75) is 25.3 Å². The van der Waals surface area contributed by atoms with Crippen molar-refractivity contribution in [2.75, 3.05) is 17.1 Å². The molecule has 5 nitrogen and oxygen atoms in total. The molecule has 3 aromatic rings. The van der Waals surface area contributed by atoms with Crippen LogP contribution in [0.5, 0.6) is 5.75 Å². The lowest BCUT2D eigenvalue weighted by Gasteiger charge is -2.12. The van der Waals surface area contributed by atoms with E-state index in [9.17, 15) is 8.42 Å². The van der Waals surface area contributed by atoms with E-state index < -0.39 is 10.0 Å². The minimum absolute atomic E-state index is 0.231. The van der Waals surface area contributed by atoms with Crippen molar-refractivity contribution < 1.29 is 13.2 Å². The minimum atomic E-state index is -3.67. The second kappa shape index (κ2) is 8.35. The molecule has 2 N–H and O–H groups in total. The SMILES string of the molecule is COc1ccc(S(=O)(=O)Nc2ccc(NCc3cccc(C)c3)cc2)c(C)c1. The standard InChI is InChI=1S/C22H24N2O3S/c1-16-5-4-6-18(13-16)15-23-19-7-9-20(10-8-19)24-28(25,26)22-12-11-21(27-3)14-17(22)2/h4-14,23-24H,15H2,1-3H3. The quantitative estimate of drug-likeness (QED) is 0.606. The molecule has 0 saturated carbocycles. The second-order valence-electron chi connectivity index (χ2n) is 6.66. The Morgan fingerprint density at radius 1 is 0.893 bits per heavy atom. The van der Waals surface area contributed by atoms with E-state index in [4.69, 9.17) is 4.74 Å². The Labute approximate surface area is 166 Å². The van der Waals surface area contributed by atoms with Crippen LogP contribution in [0.2, 0.25) is 0 Å². The summed E-state index contributed by atoms with van der Waals surface area (Å²) in [6.45, 7) is 4.52. The van der Waals surface area contributed by atoms with Crippen LogP contribution in [0, 0.1) is 13.8 Å². The summed E-state index contributed by atoms with van der Waals surface area (Å²) in [5.41, 5.74) is 4.47. The molecular weight excluding hydrogens is 372 g/mol. The highest BCUT2D eigenvalue weighted by Gasteiger charge is 2.17. The normalized spacial score (nSPS) is 11.1. The van der Waals surface area contributed by atoms with Gasteiger partial charge in [0.05, 0.1) is 12.0 Å². The van der Waals surface area contributed by atoms with Crippen LogP contribution < -0.4 is 14.8 Å². The molecular formula is C22H24N2O3S. The van der Waals surface area contributed by atoms with Gasteiger partial charge in [0, 0.05) is 17.9 Å². The van der Waals surface area contributed by atoms with Crippen molar-refractivity contribution >= 4 is 21.4 Å². The van der Waals surface area contributed by atoms with Crippen LogP contribution in [0.25, 0.3) is 0 Å².